The van der Waals surface area contributed by atoms with E-state index in [4.69, 9.17) is 4.74 Å². The molecule has 1 aliphatic carbocycles. The van der Waals surface area contributed by atoms with Crippen molar-refractivity contribution in [3.63, 3.8) is 0 Å². The number of carbonyl (C=O) groups is 3. The molecule has 1 aliphatic heterocycles. The summed E-state index contributed by atoms with van der Waals surface area (Å²) in [6.07, 6.45) is 0.00946. The number of carbonyl (C=O) groups excluding carboxylic acids is 3. The predicted octanol–water partition coefficient (Wildman–Crippen LogP) is 1.57. The fraction of sp³-hybridized carbons (Fsp3) is 0.357. The number of fused-ring (bicyclic) bond motifs is 1. The van der Waals surface area contributed by atoms with Crippen LogP contribution in [-0.2, 0) is 9.59 Å². The van der Waals surface area contributed by atoms with Gasteiger partial charge in [-0.1, -0.05) is 19.1 Å². The summed E-state index contributed by atoms with van der Waals surface area (Å²) >= 11 is 0. The zero-order chi connectivity index (χ0) is 12.9. The Bertz CT molecular complexity index is 575. The maximum atomic E-state index is 12.4. The molecule has 1 heterocycles. The van der Waals surface area contributed by atoms with Crippen molar-refractivity contribution >= 4 is 17.3 Å². The van der Waals surface area contributed by atoms with Gasteiger partial charge in [0, 0.05) is 12.3 Å². The molecule has 1 fully saturated rings. The van der Waals surface area contributed by atoms with Gasteiger partial charge in [0.15, 0.2) is 5.78 Å². The lowest BCUT2D eigenvalue weighted by molar-refractivity contribution is -0.143. The van der Waals surface area contributed by atoms with Crippen LogP contribution in [0.15, 0.2) is 24.3 Å². The lowest BCUT2D eigenvalue weighted by Gasteiger charge is -2.34. The number of ether oxygens (including phenoxy) is 1. The van der Waals surface area contributed by atoms with E-state index in [0.29, 0.717) is 11.3 Å². The van der Waals surface area contributed by atoms with Crippen molar-refractivity contribution in [3.8, 4) is 5.75 Å². The molecule has 4 nitrogen and oxygen atoms in total. The van der Waals surface area contributed by atoms with Crippen LogP contribution in [0, 0.1) is 5.92 Å². The zero-order valence-corrected chi connectivity index (χ0v) is 9.93. The first-order valence-corrected chi connectivity index (χ1v) is 5.93. The van der Waals surface area contributed by atoms with Crippen molar-refractivity contribution in [3.05, 3.63) is 29.8 Å². The van der Waals surface area contributed by atoms with Gasteiger partial charge in [-0.2, -0.15) is 0 Å². The highest BCUT2D eigenvalue weighted by atomic mass is 16.5. The molecule has 18 heavy (non-hydrogen) atoms. The van der Waals surface area contributed by atoms with Gasteiger partial charge in [0.05, 0.1) is 12.0 Å². The van der Waals surface area contributed by atoms with E-state index in [2.05, 4.69) is 0 Å². The minimum atomic E-state index is -1.46. The van der Waals surface area contributed by atoms with E-state index in [1.807, 2.05) is 0 Å². The minimum absolute atomic E-state index is 0.120. The Morgan fingerprint density at radius 1 is 1.22 bits per heavy atom. The molecule has 0 bridgehead atoms. The number of hydrogen-bond acceptors (Lipinski definition) is 4. The largest absolute Gasteiger partial charge is 0.470 e. The van der Waals surface area contributed by atoms with Gasteiger partial charge in [0.1, 0.15) is 11.5 Å². The van der Waals surface area contributed by atoms with E-state index >= 15 is 0 Å². The number of para-hydroxylation sites is 1. The minimum Gasteiger partial charge on any atom is -0.470 e. The third-order valence-electron chi connectivity index (χ3n) is 3.74. The van der Waals surface area contributed by atoms with E-state index in [9.17, 15) is 14.4 Å². The van der Waals surface area contributed by atoms with Gasteiger partial charge in [0.2, 0.25) is 11.4 Å². The molecule has 0 radical (unpaired) electrons. The third-order valence-corrected chi connectivity index (χ3v) is 3.74. The molecule has 2 atom stereocenters. The highest BCUT2D eigenvalue weighted by Gasteiger charge is 2.59. The van der Waals surface area contributed by atoms with Gasteiger partial charge in [-0.25, -0.2) is 0 Å². The summed E-state index contributed by atoms with van der Waals surface area (Å²) in [6, 6.07) is 6.83. The molecule has 0 aromatic heterocycles. The fourth-order valence-corrected chi connectivity index (χ4v) is 2.81. The fourth-order valence-electron chi connectivity index (χ4n) is 2.81. The number of hydrogen-bond donors (Lipinski definition) is 0. The lowest BCUT2D eigenvalue weighted by atomic mass is 9.72. The summed E-state index contributed by atoms with van der Waals surface area (Å²) in [5.41, 5.74) is -1.02. The molecule has 92 valence electrons. The first kappa shape index (κ1) is 11.1. The summed E-state index contributed by atoms with van der Waals surface area (Å²) in [5.74, 6) is -0.802. The van der Waals surface area contributed by atoms with Gasteiger partial charge >= 0.3 is 0 Å². The molecule has 2 aliphatic rings. The molecule has 2 unspecified atom stereocenters. The number of benzene rings is 1. The van der Waals surface area contributed by atoms with Crippen molar-refractivity contribution in [1.82, 2.24) is 0 Å². The first-order chi connectivity index (χ1) is 8.55. The van der Waals surface area contributed by atoms with E-state index in [0.717, 1.165) is 0 Å². The number of ketones is 3. The Labute approximate surface area is 104 Å². The Hall–Kier alpha value is -1.97. The van der Waals surface area contributed by atoms with E-state index < -0.39 is 17.3 Å². The molecular formula is C14H12O4. The SMILES string of the molecule is CC1CC(=O)CC(=O)C12Oc1ccccc1C2=O. The Balaban J connectivity index is 2.11. The molecule has 1 saturated carbocycles. The second-order valence-corrected chi connectivity index (χ2v) is 4.91. The van der Waals surface area contributed by atoms with Crippen LogP contribution in [0.2, 0.25) is 0 Å². The van der Waals surface area contributed by atoms with Crippen molar-refractivity contribution in [2.24, 2.45) is 5.92 Å². The van der Waals surface area contributed by atoms with Crippen LogP contribution in [0.25, 0.3) is 0 Å². The Kier molecular flexibility index (Phi) is 2.17. The number of rotatable bonds is 0. The van der Waals surface area contributed by atoms with E-state index in [1.54, 1.807) is 31.2 Å². The lowest BCUT2D eigenvalue weighted by Crippen LogP contribution is -2.57. The van der Waals surface area contributed by atoms with Gasteiger partial charge in [-0.05, 0) is 12.1 Å². The summed E-state index contributed by atoms with van der Waals surface area (Å²) in [4.78, 5) is 36.0. The predicted molar refractivity (Wildman–Crippen MR) is 62.5 cm³/mol. The molecule has 0 amide bonds. The van der Waals surface area contributed by atoms with Gasteiger partial charge in [0.25, 0.3) is 0 Å². The normalized spacial score (nSPS) is 30.5. The van der Waals surface area contributed by atoms with Gasteiger partial charge in [-0.15, -0.1) is 0 Å². The maximum Gasteiger partial charge on any atom is 0.232 e. The van der Waals surface area contributed by atoms with Crippen molar-refractivity contribution in [2.45, 2.75) is 25.4 Å². The average molecular weight is 244 g/mol. The average Bonchev–Trinajstić information content (AvgIpc) is 2.62. The molecule has 4 heteroatoms. The molecule has 1 aromatic carbocycles. The van der Waals surface area contributed by atoms with Crippen molar-refractivity contribution in [1.29, 1.82) is 0 Å². The molecule has 1 spiro atoms. The third kappa shape index (κ3) is 1.23. The van der Waals surface area contributed by atoms with Crippen LogP contribution in [0.3, 0.4) is 0 Å². The van der Waals surface area contributed by atoms with E-state index in [1.165, 1.54) is 0 Å². The van der Waals surface area contributed by atoms with E-state index in [-0.39, 0.29) is 24.4 Å². The van der Waals surface area contributed by atoms with Crippen LogP contribution in [0.4, 0.5) is 0 Å². The monoisotopic (exact) mass is 244 g/mol. The Morgan fingerprint density at radius 3 is 2.61 bits per heavy atom. The Morgan fingerprint density at radius 2 is 1.94 bits per heavy atom. The van der Waals surface area contributed by atoms with Crippen LogP contribution in [-0.4, -0.2) is 23.0 Å². The summed E-state index contributed by atoms with van der Waals surface area (Å²) in [6.45, 7) is 1.72. The highest BCUT2D eigenvalue weighted by Crippen LogP contribution is 2.43. The number of Topliss-reactive ketones (excluding diaryl/α,β-unsaturated/α-hetero) is 3. The van der Waals surface area contributed by atoms with Crippen molar-refractivity contribution < 1.29 is 19.1 Å². The standard InChI is InChI=1S/C14H12O4/c1-8-6-9(15)7-12(16)14(8)13(17)10-4-2-3-5-11(10)18-14/h2-5,8H,6-7H2,1H3. The summed E-state index contributed by atoms with van der Waals surface area (Å²) in [5, 5.41) is 0. The quantitative estimate of drug-likeness (QED) is 0.650. The molecule has 1 aromatic rings. The first-order valence-electron chi connectivity index (χ1n) is 5.93. The summed E-state index contributed by atoms with van der Waals surface area (Å²) in [7, 11) is 0. The highest BCUT2D eigenvalue weighted by molar-refractivity contribution is 6.25. The smallest absolute Gasteiger partial charge is 0.232 e. The van der Waals surface area contributed by atoms with Crippen LogP contribution < -0.4 is 4.74 Å². The van der Waals surface area contributed by atoms with Crippen LogP contribution in [0.1, 0.15) is 30.1 Å². The zero-order valence-electron chi connectivity index (χ0n) is 9.93. The second kappa shape index (κ2) is 3.51. The summed E-state index contributed by atoms with van der Waals surface area (Å²) < 4.78 is 5.67. The molecule has 0 saturated heterocycles. The topological polar surface area (TPSA) is 60.4 Å². The van der Waals surface area contributed by atoms with Crippen molar-refractivity contribution in [2.75, 3.05) is 0 Å². The van der Waals surface area contributed by atoms with Crippen LogP contribution >= 0.6 is 0 Å². The second-order valence-electron chi connectivity index (χ2n) is 4.91. The molecular weight excluding hydrogens is 232 g/mol. The molecule has 3 rings (SSSR count). The molecule has 0 N–H and O–H groups in total. The van der Waals surface area contributed by atoms with Gasteiger partial charge in [-0.3, -0.25) is 14.4 Å². The maximum absolute atomic E-state index is 12.4. The van der Waals surface area contributed by atoms with Crippen LogP contribution in [0.5, 0.6) is 5.75 Å². The van der Waals surface area contributed by atoms with Gasteiger partial charge < -0.3 is 4.74 Å².